The van der Waals surface area contributed by atoms with E-state index in [-0.39, 0.29) is 17.9 Å². The minimum atomic E-state index is -0.0929. The number of hydrogen-bond donors (Lipinski definition) is 0. The van der Waals surface area contributed by atoms with Gasteiger partial charge < -0.3 is 9.42 Å². The first-order valence-corrected chi connectivity index (χ1v) is 9.09. The van der Waals surface area contributed by atoms with E-state index in [1.165, 1.54) is 0 Å². The maximum Gasteiger partial charge on any atom is 0.229 e. The van der Waals surface area contributed by atoms with Crippen molar-refractivity contribution in [2.45, 2.75) is 64.8 Å². The minimum Gasteiger partial charge on any atom is -0.339 e. The zero-order chi connectivity index (χ0) is 17.8. The van der Waals surface area contributed by atoms with E-state index in [4.69, 9.17) is 4.52 Å². The third-order valence-electron chi connectivity index (χ3n) is 4.65. The number of carbonyl (C=O) groups excluding carboxylic acids is 1. The Morgan fingerprint density at radius 3 is 2.84 bits per heavy atom. The molecular formula is C19H26N4O2. The van der Waals surface area contributed by atoms with Crippen molar-refractivity contribution >= 4 is 5.91 Å². The van der Waals surface area contributed by atoms with Gasteiger partial charge in [-0.3, -0.25) is 9.78 Å². The third-order valence-corrected chi connectivity index (χ3v) is 4.65. The lowest BCUT2D eigenvalue weighted by Crippen LogP contribution is -2.36. The first-order chi connectivity index (χ1) is 12.0. The van der Waals surface area contributed by atoms with Crippen molar-refractivity contribution in [2.24, 2.45) is 0 Å². The molecule has 1 atom stereocenters. The van der Waals surface area contributed by atoms with Gasteiger partial charge in [-0.05, 0) is 31.4 Å². The number of pyridine rings is 1. The van der Waals surface area contributed by atoms with E-state index < -0.39 is 0 Å². The summed E-state index contributed by atoms with van der Waals surface area (Å²) in [5.74, 6) is 1.57. The maximum absolute atomic E-state index is 12.9. The van der Waals surface area contributed by atoms with E-state index in [0.717, 1.165) is 43.5 Å². The molecule has 0 saturated carbocycles. The summed E-state index contributed by atoms with van der Waals surface area (Å²) in [7, 11) is 0. The molecule has 1 aliphatic heterocycles. The van der Waals surface area contributed by atoms with Gasteiger partial charge in [0.1, 0.15) is 0 Å². The molecule has 0 aliphatic carbocycles. The first-order valence-electron chi connectivity index (χ1n) is 9.09. The molecule has 3 heterocycles. The molecule has 0 bridgehead atoms. The molecule has 0 spiro atoms. The highest BCUT2D eigenvalue weighted by atomic mass is 16.5. The normalized spacial score (nSPS) is 18.4. The summed E-state index contributed by atoms with van der Waals surface area (Å²) >= 11 is 0. The van der Waals surface area contributed by atoms with Crippen LogP contribution in [0.25, 0.3) is 0 Å². The van der Waals surface area contributed by atoms with Gasteiger partial charge in [0.15, 0.2) is 5.82 Å². The van der Waals surface area contributed by atoms with Crippen LogP contribution in [0.15, 0.2) is 22.9 Å². The Morgan fingerprint density at radius 1 is 1.32 bits per heavy atom. The van der Waals surface area contributed by atoms with Crippen LogP contribution < -0.4 is 0 Å². The lowest BCUT2D eigenvalue weighted by Gasteiger charge is -2.28. The van der Waals surface area contributed by atoms with E-state index in [0.29, 0.717) is 18.1 Å². The molecule has 1 aliphatic rings. The van der Waals surface area contributed by atoms with Crippen molar-refractivity contribution < 1.29 is 9.32 Å². The number of rotatable bonds is 4. The number of aryl methyl sites for hydroxylation is 1. The van der Waals surface area contributed by atoms with Gasteiger partial charge in [-0.25, -0.2) is 0 Å². The predicted molar refractivity (Wildman–Crippen MR) is 94.0 cm³/mol. The third kappa shape index (κ3) is 4.24. The first kappa shape index (κ1) is 17.6. The van der Waals surface area contributed by atoms with E-state index >= 15 is 0 Å². The van der Waals surface area contributed by atoms with Gasteiger partial charge in [0.25, 0.3) is 0 Å². The summed E-state index contributed by atoms with van der Waals surface area (Å²) in [5.41, 5.74) is 1.89. The number of amides is 1. The monoisotopic (exact) mass is 342 g/mol. The highest BCUT2D eigenvalue weighted by Gasteiger charge is 2.30. The second-order valence-electron chi connectivity index (χ2n) is 7.08. The predicted octanol–water partition coefficient (Wildman–Crippen LogP) is 3.58. The van der Waals surface area contributed by atoms with Crippen LogP contribution in [0.4, 0.5) is 0 Å². The van der Waals surface area contributed by atoms with Crippen molar-refractivity contribution in [1.82, 2.24) is 20.0 Å². The van der Waals surface area contributed by atoms with Crippen LogP contribution >= 0.6 is 0 Å². The Labute approximate surface area is 148 Å². The van der Waals surface area contributed by atoms with Crippen LogP contribution in [0.2, 0.25) is 0 Å². The molecule has 25 heavy (non-hydrogen) atoms. The Hall–Kier alpha value is -2.24. The van der Waals surface area contributed by atoms with Crippen LogP contribution in [0, 0.1) is 6.92 Å². The van der Waals surface area contributed by atoms with Gasteiger partial charge in [0.2, 0.25) is 11.8 Å². The fourth-order valence-corrected chi connectivity index (χ4v) is 3.17. The van der Waals surface area contributed by atoms with E-state index in [1.807, 2.05) is 37.8 Å². The zero-order valence-electron chi connectivity index (χ0n) is 15.2. The summed E-state index contributed by atoms with van der Waals surface area (Å²) in [5, 5.41) is 4.16. The van der Waals surface area contributed by atoms with Crippen LogP contribution in [-0.4, -0.2) is 32.5 Å². The van der Waals surface area contributed by atoms with Crippen molar-refractivity contribution in [3.05, 3.63) is 41.3 Å². The van der Waals surface area contributed by atoms with Gasteiger partial charge >= 0.3 is 0 Å². The second-order valence-corrected chi connectivity index (χ2v) is 7.08. The molecule has 1 amide bonds. The molecule has 6 heteroatoms. The molecule has 1 fully saturated rings. The number of aromatic nitrogens is 3. The lowest BCUT2D eigenvalue weighted by molar-refractivity contribution is -0.133. The fraction of sp³-hybridized carbons (Fsp3) is 0.579. The topological polar surface area (TPSA) is 72.1 Å². The molecule has 134 valence electrons. The van der Waals surface area contributed by atoms with Gasteiger partial charge in [0, 0.05) is 24.4 Å². The quantitative estimate of drug-likeness (QED) is 0.849. The second kappa shape index (κ2) is 7.76. The van der Waals surface area contributed by atoms with Gasteiger partial charge in [-0.1, -0.05) is 37.9 Å². The lowest BCUT2D eigenvalue weighted by atomic mass is 10.1. The fourth-order valence-electron chi connectivity index (χ4n) is 3.17. The molecule has 2 aromatic rings. The van der Waals surface area contributed by atoms with Crippen molar-refractivity contribution in [1.29, 1.82) is 0 Å². The van der Waals surface area contributed by atoms with Gasteiger partial charge in [0.05, 0.1) is 12.5 Å². The largest absolute Gasteiger partial charge is 0.339 e. The van der Waals surface area contributed by atoms with E-state index in [9.17, 15) is 4.79 Å². The summed E-state index contributed by atoms with van der Waals surface area (Å²) in [4.78, 5) is 23.7. The molecule has 1 saturated heterocycles. The number of likely N-dealkylation sites (tertiary alicyclic amines) is 1. The smallest absolute Gasteiger partial charge is 0.229 e. The Bertz CT molecular complexity index is 708. The number of hydrogen-bond acceptors (Lipinski definition) is 5. The Morgan fingerprint density at radius 2 is 2.16 bits per heavy atom. The molecule has 0 unspecified atom stereocenters. The van der Waals surface area contributed by atoms with Crippen LogP contribution in [0.5, 0.6) is 0 Å². The van der Waals surface area contributed by atoms with Gasteiger partial charge in [-0.15, -0.1) is 0 Å². The van der Waals surface area contributed by atoms with Crippen molar-refractivity contribution in [2.75, 3.05) is 6.54 Å². The Balaban J connectivity index is 1.79. The highest BCUT2D eigenvalue weighted by Crippen LogP contribution is 2.29. The number of nitrogens with zero attached hydrogens (tertiary/aromatic N) is 4. The summed E-state index contributed by atoms with van der Waals surface area (Å²) in [6.07, 6.45) is 6.25. The summed E-state index contributed by atoms with van der Waals surface area (Å²) in [6, 6.07) is 3.82. The zero-order valence-corrected chi connectivity index (χ0v) is 15.2. The average molecular weight is 342 g/mol. The molecule has 0 radical (unpaired) electrons. The molecule has 0 aromatic carbocycles. The summed E-state index contributed by atoms with van der Waals surface area (Å²) < 4.78 is 5.37. The summed E-state index contributed by atoms with van der Waals surface area (Å²) in [6.45, 7) is 6.74. The molecule has 0 N–H and O–H groups in total. The van der Waals surface area contributed by atoms with E-state index in [1.54, 1.807) is 6.20 Å². The van der Waals surface area contributed by atoms with Crippen LogP contribution in [0.3, 0.4) is 0 Å². The highest BCUT2D eigenvalue weighted by molar-refractivity contribution is 5.79. The molecule has 6 nitrogen and oxygen atoms in total. The molecule has 3 rings (SSSR count). The minimum absolute atomic E-state index is 0.0929. The average Bonchev–Trinajstić information content (AvgIpc) is 2.95. The van der Waals surface area contributed by atoms with Crippen LogP contribution in [-0.2, 0) is 11.2 Å². The van der Waals surface area contributed by atoms with Crippen molar-refractivity contribution in [3.63, 3.8) is 0 Å². The standard InChI is InChI=1S/C19H26N4O2/c1-13(2)19-21-18(22-25-19)16-7-5-4-6-10-23(16)17(24)11-15-9-8-14(3)20-12-15/h8-9,12-13,16H,4-7,10-11H2,1-3H3/t16-/m1/s1. The SMILES string of the molecule is Cc1ccc(CC(=O)N2CCCCC[C@@H]2c2noc(C(C)C)n2)cn1. The molecule has 2 aromatic heterocycles. The number of carbonyl (C=O) groups is 1. The van der Waals surface area contributed by atoms with Crippen LogP contribution in [0.1, 0.15) is 74.5 Å². The maximum atomic E-state index is 12.9. The molecular weight excluding hydrogens is 316 g/mol. The Kier molecular flexibility index (Phi) is 5.46. The van der Waals surface area contributed by atoms with Gasteiger partial charge in [-0.2, -0.15) is 4.98 Å². The van der Waals surface area contributed by atoms with E-state index in [2.05, 4.69) is 15.1 Å². The van der Waals surface area contributed by atoms with Crippen molar-refractivity contribution in [3.8, 4) is 0 Å².